The van der Waals surface area contributed by atoms with Crippen LogP contribution in [0.4, 0.5) is 0 Å². The van der Waals surface area contributed by atoms with Gasteiger partial charge in [-0.2, -0.15) is 13.7 Å². The van der Waals surface area contributed by atoms with Crippen molar-refractivity contribution in [2.45, 2.75) is 6.54 Å². The molecule has 0 unspecified atom stereocenters. The van der Waals surface area contributed by atoms with E-state index < -0.39 is 15.9 Å². The topological polar surface area (TPSA) is 134 Å². The molecule has 1 heterocycles. The van der Waals surface area contributed by atoms with Crippen molar-refractivity contribution in [3.63, 3.8) is 0 Å². The maximum Gasteiger partial charge on any atom is 0.266 e. The van der Waals surface area contributed by atoms with Crippen LogP contribution in [-0.4, -0.2) is 51.6 Å². The molecule has 0 saturated heterocycles. The summed E-state index contributed by atoms with van der Waals surface area (Å²) in [5.74, 6) is 0.891. The maximum atomic E-state index is 10.9. The average molecular weight is 474 g/mol. The lowest BCUT2D eigenvalue weighted by molar-refractivity contribution is 0.325. The lowest BCUT2D eigenvalue weighted by Gasteiger charge is -2.16. The van der Waals surface area contributed by atoms with Crippen molar-refractivity contribution in [1.29, 1.82) is 5.26 Å². The van der Waals surface area contributed by atoms with Crippen LogP contribution in [0, 0.1) is 11.3 Å². The summed E-state index contributed by atoms with van der Waals surface area (Å²) in [5.41, 5.74) is 2.24. The van der Waals surface area contributed by atoms with Gasteiger partial charge in [0.1, 0.15) is 11.8 Å². The van der Waals surface area contributed by atoms with E-state index in [1.54, 1.807) is 12.1 Å². The number of H-pyrrole nitrogens is 1. The van der Waals surface area contributed by atoms with Crippen LogP contribution < -0.4 is 19.5 Å². The van der Waals surface area contributed by atoms with Crippen molar-refractivity contribution in [1.82, 2.24) is 10.3 Å². The molecule has 0 radical (unpaired) electrons. The molecule has 0 spiro atoms. The van der Waals surface area contributed by atoms with Gasteiger partial charge in [0.15, 0.2) is 11.5 Å². The van der Waals surface area contributed by atoms with Crippen LogP contribution in [-0.2, 0) is 16.7 Å². The smallest absolute Gasteiger partial charge is 0.266 e. The largest absolute Gasteiger partial charge is 0.493 e. The van der Waals surface area contributed by atoms with E-state index in [0.29, 0.717) is 44.2 Å². The fourth-order valence-electron chi connectivity index (χ4n) is 2.73. The molecule has 1 aromatic carbocycles. The molecule has 0 aliphatic rings. The minimum absolute atomic E-state index is 0.0415. The zero-order chi connectivity index (χ0) is 20.9. The zero-order valence-corrected chi connectivity index (χ0v) is 17.9. The van der Waals surface area contributed by atoms with Crippen LogP contribution in [0.1, 0.15) is 11.4 Å². The molecule has 152 valence electrons. The molecule has 0 saturated carbocycles. The summed E-state index contributed by atoms with van der Waals surface area (Å²) < 4.78 is 47.4. The fourth-order valence-corrected chi connectivity index (χ4v) is 3.77. The maximum absolute atomic E-state index is 10.9. The number of ether oxygens (including phenoxy) is 3. The molecule has 2 rings (SSSR count). The van der Waals surface area contributed by atoms with Crippen LogP contribution in [0.2, 0.25) is 0 Å². The summed E-state index contributed by atoms with van der Waals surface area (Å²) in [6.45, 7) is 0.266. The predicted molar refractivity (Wildman–Crippen MR) is 106 cm³/mol. The van der Waals surface area contributed by atoms with E-state index in [-0.39, 0.29) is 13.1 Å². The lowest BCUT2D eigenvalue weighted by atomic mass is 10.0. The van der Waals surface area contributed by atoms with E-state index >= 15 is 0 Å². The van der Waals surface area contributed by atoms with Gasteiger partial charge in [0.05, 0.1) is 31.6 Å². The SMILES string of the molecule is COc1ccc(-c2c(CNCCS(=O)(=O)O)[nH]c(C#N)c2Br)c(OC)c1OC. The van der Waals surface area contributed by atoms with Crippen LogP contribution in [0.5, 0.6) is 17.2 Å². The van der Waals surface area contributed by atoms with Gasteiger partial charge in [0, 0.05) is 29.9 Å². The number of halogens is 1. The van der Waals surface area contributed by atoms with Gasteiger partial charge >= 0.3 is 0 Å². The number of aromatic nitrogens is 1. The van der Waals surface area contributed by atoms with Gasteiger partial charge in [-0.15, -0.1) is 0 Å². The van der Waals surface area contributed by atoms with E-state index in [9.17, 15) is 13.7 Å². The summed E-state index contributed by atoms with van der Waals surface area (Å²) in [4.78, 5) is 3.00. The highest BCUT2D eigenvalue weighted by molar-refractivity contribution is 9.10. The number of nitrogens with zero attached hydrogens (tertiary/aromatic N) is 1. The quantitative estimate of drug-likeness (QED) is 0.373. The minimum Gasteiger partial charge on any atom is -0.493 e. The van der Waals surface area contributed by atoms with Crippen molar-refractivity contribution >= 4 is 26.0 Å². The molecule has 0 aliphatic carbocycles. The second kappa shape index (κ2) is 9.29. The molecule has 0 fully saturated rings. The minimum atomic E-state index is -4.06. The van der Waals surface area contributed by atoms with E-state index in [2.05, 4.69) is 32.3 Å². The standard InChI is InChI=1S/C17H20BrN3O6S/c1-25-13-5-4-10(16(26-2)17(13)27-3)14-12(21-11(8-19)15(14)18)9-20-6-7-28(22,23)24/h4-5,20-21H,6-7,9H2,1-3H3,(H,22,23,24). The summed E-state index contributed by atoms with van der Waals surface area (Å²) >= 11 is 3.44. The fraction of sp³-hybridized carbons (Fsp3) is 0.353. The Morgan fingerprint density at radius 3 is 2.43 bits per heavy atom. The first-order valence-corrected chi connectivity index (χ1v) is 10.4. The summed E-state index contributed by atoms with van der Waals surface area (Å²) in [6.07, 6.45) is 0. The molecule has 0 atom stereocenters. The van der Waals surface area contributed by atoms with Crippen LogP contribution in [0.15, 0.2) is 16.6 Å². The number of methoxy groups -OCH3 is 3. The zero-order valence-electron chi connectivity index (χ0n) is 15.5. The Morgan fingerprint density at radius 2 is 1.89 bits per heavy atom. The second-order valence-electron chi connectivity index (χ2n) is 5.62. The van der Waals surface area contributed by atoms with E-state index in [0.717, 1.165) is 0 Å². The third kappa shape index (κ3) is 4.77. The molecule has 0 bridgehead atoms. The Balaban J connectivity index is 2.50. The van der Waals surface area contributed by atoms with Gasteiger partial charge in [-0.25, -0.2) is 0 Å². The van der Waals surface area contributed by atoms with Gasteiger partial charge in [-0.3, -0.25) is 4.55 Å². The first-order chi connectivity index (χ1) is 13.3. The number of nitrogens with one attached hydrogen (secondary N) is 2. The van der Waals surface area contributed by atoms with Crippen LogP contribution >= 0.6 is 15.9 Å². The van der Waals surface area contributed by atoms with Crippen molar-refractivity contribution in [3.8, 4) is 34.4 Å². The molecule has 9 nitrogen and oxygen atoms in total. The van der Waals surface area contributed by atoms with Crippen molar-refractivity contribution in [2.75, 3.05) is 33.6 Å². The third-order valence-corrected chi connectivity index (χ3v) is 5.45. The van der Waals surface area contributed by atoms with Gasteiger partial charge in [0.2, 0.25) is 5.75 Å². The average Bonchev–Trinajstić information content (AvgIpc) is 2.98. The Morgan fingerprint density at radius 1 is 1.21 bits per heavy atom. The number of hydrogen-bond donors (Lipinski definition) is 3. The number of nitriles is 1. The molecule has 1 aromatic heterocycles. The highest BCUT2D eigenvalue weighted by Crippen LogP contribution is 2.47. The normalized spacial score (nSPS) is 11.1. The molecule has 28 heavy (non-hydrogen) atoms. The Bertz CT molecular complexity index is 997. The Labute approximate surface area is 171 Å². The molecule has 3 N–H and O–H groups in total. The van der Waals surface area contributed by atoms with E-state index in [4.69, 9.17) is 18.8 Å². The van der Waals surface area contributed by atoms with E-state index in [1.807, 2.05) is 0 Å². The van der Waals surface area contributed by atoms with Gasteiger partial charge < -0.3 is 24.5 Å². The van der Waals surface area contributed by atoms with Gasteiger partial charge in [-0.05, 0) is 28.1 Å². The molecule has 0 amide bonds. The molecular formula is C17H20BrN3O6S. The van der Waals surface area contributed by atoms with Gasteiger partial charge in [-0.1, -0.05) is 0 Å². The molecule has 0 aliphatic heterocycles. The van der Waals surface area contributed by atoms with Crippen molar-refractivity contribution in [2.24, 2.45) is 0 Å². The number of benzene rings is 1. The van der Waals surface area contributed by atoms with Crippen molar-refractivity contribution < 1.29 is 27.2 Å². The first-order valence-electron chi connectivity index (χ1n) is 8.03. The lowest BCUT2D eigenvalue weighted by Crippen LogP contribution is -2.22. The van der Waals surface area contributed by atoms with Gasteiger partial charge in [0.25, 0.3) is 10.1 Å². The Hall–Kier alpha value is -2.26. The van der Waals surface area contributed by atoms with Crippen LogP contribution in [0.25, 0.3) is 11.1 Å². The molecule has 11 heteroatoms. The number of aromatic amines is 1. The summed E-state index contributed by atoms with van der Waals surface area (Å²) in [7, 11) is 0.446. The summed E-state index contributed by atoms with van der Waals surface area (Å²) in [5, 5.41) is 12.3. The number of rotatable bonds is 9. The summed E-state index contributed by atoms with van der Waals surface area (Å²) in [6, 6.07) is 5.56. The first kappa shape index (κ1) is 22.0. The number of hydrogen-bond acceptors (Lipinski definition) is 7. The van der Waals surface area contributed by atoms with Crippen molar-refractivity contribution in [3.05, 3.63) is 28.0 Å². The highest BCUT2D eigenvalue weighted by atomic mass is 79.9. The van der Waals surface area contributed by atoms with Crippen LogP contribution in [0.3, 0.4) is 0 Å². The monoisotopic (exact) mass is 473 g/mol. The second-order valence-corrected chi connectivity index (χ2v) is 7.99. The Kier molecular flexibility index (Phi) is 7.31. The highest BCUT2D eigenvalue weighted by Gasteiger charge is 2.24. The van der Waals surface area contributed by atoms with E-state index in [1.165, 1.54) is 21.3 Å². The molecule has 2 aromatic rings. The third-order valence-electron chi connectivity index (χ3n) is 3.94. The predicted octanol–water partition coefficient (Wildman–Crippen LogP) is 2.32. The molecular weight excluding hydrogens is 454 g/mol.